The van der Waals surface area contributed by atoms with Crippen molar-refractivity contribution >= 4 is 11.9 Å². The Kier molecular flexibility index (Phi) is 6.16. The smallest absolute Gasteiger partial charge is 0.481 e. The van der Waals surface area contributed by atoms with E-state index in [1.54, 1.807) is 0 Å². The number of aliphatic carboxylic acids is 1. The largest absolute Gasteiger partial charge is 0.573 e. The minimum Gasteiger partial charge on any atom is -0.481 e. The van der Waals surface area contributed by atoms with E-state index in [9.17, 15) is 22.8 Å². The Hall–Kier alpha value is -3.37. The summed E-state index contributed by atoms with van der Waals surface area (Å²) in [4.78, 5) is 23.3. The summed E-state index contributed by atoms with van der Waals surface area (Å²) >= 11 is 0. The first-order valence-corrected chi connectivity index (χ1v) is 7.44. The zero-order valence-electron chi connectivity index (χ0n) is 13.9. The number of ether oxygens (including phenoxy) is 2. The first-order chi connectivity index (χ1) is 12.7. The number of carboxylic acid groups (broad SMARTS) is 1. The second kappa shape index (κ2) is 8.34. The molecule has 1 aromatic carbocycles. The van der Waals surface area contributed by atoms with Gasteiger partial charge in [0.05, 0.1) is 19.6 Å². The summed E-state index contributed by atoms with van der Waals surface area (Å²) in [6, 6.07) is 6.24. The molecule has 2 rings (SSSR count). The topological polar surface area (TPSA) is 111 Å². The third kappa shape index (κ3) is 6.13. The SMILES string of the molecule is COc1ccc(C(=O)NC(CC(=O)O)c2ccc(OC(F)(F)F)cc2)nn1. The van der Waals surface area contributed by atoms with Crippen molar-refractivity contribution in [3.05, 3.63) is 47.7 Å². The predicted molar refractivity (Wildman–Crippen MR) is 84.2 cm³/mol. The number of carbonyl (C=O) groups excluding carboxylic acids is 1. The van der Waals surface area contributed by atoms with Crippen LogP contribution in [-0.4, -0.2) is 40.7 Å². The second-order valence-corrected chi connectivity index (χ2v) is 5.20. The number of rotatable bonds is 7. The Morgan fingerprint density at radius 1 is 1.15 bits per heavy atom. The van der Waals surface area contributed by atoms with E-state index in [1.165, 1.54) is 31.4 Å². The van der Waals surface area contributed by atoms with Gasteiger partial charge in [-0.3, -0.25) is 9.59 Å². The zero-order valence-corrected chi connectivity index (χ0v) is 13.9. The number of hydrogen-bond acceptors (Lipinski definition) is 6. The zero-order chi connectivity index (χ0) is 20.0. The van der Waals surface area contributed by atoms with Crippen LogP contribution in [0.15, 0.2) is 36.4 Å². The highest BCUT2D eigenvalue weighted by molar-refractivity contribution is 5.92. The van der Waals surface area contributed by atoms with Gasteiger partial charge >= 0.3 is 12.3 Å². The van der Waals surface area contributed by atoms with Crippen molar-refractivity contribution in [1.29, 1.82) is 0 Å². The number of benzene rings is 1. The number of halogens is 3. The number of nitrogens with one attached hydrogen (secondary N) is 1. The molecule has 0 aliphatic carbocycles. The fraction of sp³-hybridized carbons (Fsp3) is 0.250. The molecule has 2 N–H and O–H groups in total. The molecular formula is C16H14F3N3O5. The quantitative estimate of drug-likeness (QED) is 0.753. The summed E-state index contributed by atoms with van der Waals surface area (Å²) in [6.07, 6.45) is -5.34. The van der Waals surface area contributed by atoms with Crippen LogP contribution >= 0.6 is 0 Å². The molecule has 1 atom stereocenters. The van der Waals surface area contributed by atoms with Crippen LogP contribution in [0.4, 0.5) is 13.2 Å². The highest BCUT2D eigenvalue weighted by Crippen LogP contribution is 2.25. The molecule has 1 aromatic heterocycles. The molecule has 0 saturated carbocycles. The number of carbonyl (C=O) groups is 2. The average molecular weight is 385 g/mol. The van der Waals surface area contributed by atoms with Gasteiger partial charge in [-0.05, 0) is 23.8 Å². The van der Waals surface area contributed by atoms with Gasteiger partial charge in [-0.25, -0.2) is 0 Å². The van der Waals surface area contributed by atoms with Crippen molar-refractivity contribution < 1.29 is 37.3 Å². The Labute approximate surface area is 150 Å². The van der Waals surface area contributed by atoms with Gasteiger partial charge < -0.3 is 19.9 Å². The van der Waals surface area contributed by atoms with Gasteiger partial charge in [0, 0.05) is 6.07 Å². The van der Waals surface area contributed by atoms with Gasteiger partial charge in [0.1, 0.15) is 5.75 Å². The first-order valence-electron chi connectivity index (χ1n) is 7.44. The maximum atomic E-state index is 12.2. The molecule has 0 bridgehead atoms. The fourth-order valence-electron chi connectivity index (χ4n) is 2.11. The Morgan fingerprint density at radius 3 is 2.30 bits per heavy atom. The van der Waals surface area contributed by atoms with Gasteiger partial charge in [-0.1, -0.05) is 12.1 Å². The Balaban J connectivity index is 2.16. The van der Waals surface area contributed by atoms with Crippen LogP contribution in [-0.2, 0) is 4.79 Å². The summed E-state index contributed by atoms with van der Waals surface area (Å²) in [5, 5.41) is 18.8. The van der Waals surface area contributed by atoms with Crippen molar-refractivity contribution in [3.8, 4) is 11.6 Å². The van der Waals surface area contributed by atoms with Crippen LogP contribution < -0.4 is 14.8 Å². The maximum absolute atomic E-state index is 12.2. The van der Waals surface area contributed by atoms with Crippen molar-refractivity contribution in [1.82, 2.24) is 15.5 Å². The molecule has 1 unspecified atom stereocenters. The van der Waals surface area contributed by atoms with Gasteiger partial charge in [0.15, 0.2) is 5.69 Å². The summed E-state index contributed by atoms with van der Waals surface area (Å²) in [5.74, 6) is -2.19. The van der Waals surface area contributed by atoms with Gasteiger partial charge in [0.25, 0.3) is 5.91 Å². The van der Waals surface area contributed by atoms with Crippen LogP contribution in [0.2, 0.25) is 0 Å². The first kappa shape index (κ1) is 19.9. The van der Waals surface area contributed by atoms with Crippen molar-refractivity contribution in [2.75, 3.05) is 7.11 Å². The molecule has 0 spiro atoms. The van der Waals surface area contributed by atoms with E-state index in [2.05, 4.69) is 20.3 Å². The number of methoxy groups -OCH3 is 1. The molecule has 1 amide bonds. The lowest BCUT2D eigenvalue weighted by Gasteiger charge is -2.18. The van der Waals surface area contributed by atoms with Crippen molar-refractivity contribution in [2.24, 2.45) is 0 Å². The standard InChI is InChI=1S/C16H14F3N3O5/c1-26-13-7-6-11(21-22-13)15(25)20-12(8-14(23)24)9-2-4-10(5-3-9)27-16(17,18)19/h2-7,12H,8H2,1H3,(H,20,25)(H,23,24). The molecule has 8 nitrogen and oxygen atoms in total. The molecule has 1 heterocycles. The van der Waals surface area contributed by atoms with E-state index in [0.29, 0.717) is 0 Å². The van der Waals surface area contributed by atoms with Crippen LogP contribution in [0.25, 0.3) is 0 Å². The molecule has 0 saturated heterocycles. The van der Waals surface area contributed by atoms with E-state index in [-0.39, 0.29) is 17.1 Å². The summed E-state index contributed by atoms with van der Waals surface area (Å²) < 4.78 is 45.2. The number of nitrogens with zero attached hydrogens (tertiary/aromatic N) is 2. The molecule has 2 aromatic rings. The minimum absolute atomic E-state index is 0.0804. The monoisotopic (exact) mass is 385 g/mol. The molecule has 11 heteroatoms. The minimum atomic E-state index is -4.84. The Bertz CT molecular complexity index is 794. The lowest BCUT2D eigenvalue weighted by Crippen LogP contribution is -2.31. The van der Waals surface area contributed by atoms with Crippen LogP contribution in [0, 0.1) is 0 Å². The fourth-order valence-corrected chi connectivity index (χ4v) is 2.11. The van der Waals surface area contributed by atoms with Crippen LogP contribution in [0.1, 0.15) is 28.5 Å². The number of carboxylic acids is 1. The molecule has 0 aliphatic heterocycles. The highest BCUT2D eigenvalue weighted by atomic mass is 19.4. The average Bonchev–Trinajstić information content (AvgIpc) is 2.60. The normalized spacial score (nSPS) is 12.1. The summed E-state index contributed by atoms with van der Waals surface area (Å²) in [6.45, 7) is 0. The van der Waals surface area contributed by atoms with Crippen LogP contribution in [0.3, 0.4) is 0 Å². The van der Waals surface area contributed by atoms with Crippen molar-refractivity contribution in [3.63, 3.8) is 0 Å². The maximum Gasteiger partial charge on any atom is 0.573 e. The number of hydrogen-bond donors (Lipinski definition) is 2. The van der Waals surface area contributed by atoms with E-state index >= 15 is 0 Å². The molecule has 144 valence electrons. The lowest BCUT2D eigenvalue weighted by atomic mass is 10.0. The highest BCUT2D eigenvalue weighted by Gasteiger charge is 2.31. The molecular weight excluding hydrogens is 371 g/mol. The lowest BCUT2D eigenvalue weighted by molar-refractivity contribution is -0.274. The molecule has 0 radical (unpaired) electrons. The summed E-state index contributed by atoms with van der Waals surface area (Å²) in [7, 11) is 1.37. The molecule has 27 heavy (non-hydrogen) atoms. The number of amides is 1. The molecule has 0 fully saturated rings. The second-order valence-electron chi connectivity index (χ2n) is 5.20. The van der Waals surface area contributed by atoms with Gasteiger partial charge in [-0.15, -0.1) is 23.4 Å². The van der Waals surface area contributed by atoms with Crippen molar-refractivity contribution in [2.45, 2.75) is 18.8 Å². The van der Waals surface area contributed by atoms with E-state index < -0.39 is 36.5 Å². The predicted octanol–water partition coefficient (Wildman–Crippen LogP) is 2.33. The number of aromatic nitrogens is 2. The van der Waals surface area contributed by atoms with E-state index in [1.807, 2.05) is 0 Å². The van der Waals surface area contributed by atoms with Gasteiger partial charge in [0.2, 0.25) is 5.88 Å². The third-order valence-electron chi connectivity index (χ3n) is 3.28. The van der Waals surface area contributed by atoms with Gasteiger partial charge in [-0.2, -0.15) is 0 Å². The number of alkyl halides is 3. The third-order valence-corrected chi connectivity index (χ3v) is 3.28. The van der Waals surface area contributed by atoms with E-state index in [0.717, 1.165) is 12.1 Å². The van der Waals surface area contributed by atoms with Crippen LogP contribution in [0.5, 0.6) is 11.6 Å². The Morgan fingerprint density at radius 2 is 1.81 bits per heavy atom. The van der Waals surface area contributed by atoms with E-state index in [4.69, 9.17) is 9.84 Å². The summed E-state index contributed by atoms with van der Waals surface area (Å²) in [5.41, 5.74) is 0.199. The molecule has 0 aliphatic rings.